The van der Waals surface area contributed by atoms with Crippen LogP contribution in [0.25, 0.3) is 0 Å². The van der Waals surface area contributed by atoms with Gasteiger partial charge in [-0.3, -0.25) is 0 Å². The number of hydrogen-bond donors (Lipinski definition) is 2. The fraction of sp³-hybridized carbons (Fsp3) is 0.625. The van der Waals surface area contributed by atoms with Gasteiger partial charge < -0.3 is 15.2 Å². The van der Waals surface area contributed by atoms with Gasteiger partial charge in [-0.15, -0.1) is 0 Å². The first-order valence-electron chi connectivity index (χ1n) is 7.38. The number of methoxy groups -OCH3 is 1. The van der Waals surface area contributed by atoms with Crippen molar-refractivity contribution in [1.29, 1.82) is 0 Å². The fourth-order valence-corrected chi connectivity index (χ4v) is 3.24. The molecule has 0 aliphatic heterocycles. The maximum Gasteiger partial charge on any atom is 0.162 e. The molecule has 2 rings (SSSR count). The minimum Gasteiger partial charge on any atom is -0.504 e. The van der Waals surface area contributed by atoms with Gasteiger partial charge in [-0.05, 0) is 30.9 Å². The first kappa shape index (κ1) is 15.5. The van der Waals surface area contributed by atoms with Crippen molar-refractivity contribution >= 4 is 11.6 Å². The van der Waals surface area contributed by atoms with Gasteiger partial charge in [-0.2, -0.15) is 0 Å². The Morgan fingerprint density at radius 3 is 2.80 bits per heavy atom. The van der Waals surface area contributed by atoms with Crippen LogP contribution in [-0.2, 0) is 6.54 Å². The van der Waals surface area contributed by atoms with E-state index in [9.17, 15) is 5.11 Å². The Balaban J connectivity index is 1.92. The van der Waals surface area contributed by atoms with Crippen molar-refractivity contribution in [3.63, 3.8) is 0 Å². The highest BCUT2D eigenvalue weighted by Gasteiger charge is 2.20. The van der Waals surface area contributed by atoms with Crippen molar-refractivity contribution in [2.75, 3.05) is 13.7 Å². The summed E-state index contributed by atoms with van der Waals surface area (Å²) in [5.41, 5.74) is 0.790. The second-order valence-electron chi connectivity index (χ2n) is 5.77. The van der Waals surface area contributed by atoms with E-state index in [-0.39, 0.29) is 5.75 Å². The van der Waals surface area contributed by atoms with Crippen LogP contribution in [0.1, 0.15) is 38.2 Å². The fourth-order valence-electron chi connectivity index (χ4n) is 3.01. The highest BCUT2D eigenvalue weighted by Crippen LogP contribution is 2.33. The lowest BCUT2D eigenvalue weighted by Gasteiger charge is -2.29. The SMILES string of the molecule is COc1cc(Cl)cc(CNCC2CCCCC2C)c1O. The minimum atomic E-state index is 0.182. The second kappa shape index (κ2) is 7.19. The molecule has 0 spiro atoms. The lowest BCUT2D eigenvalue weighted by Crippen LogP contribution is -2.29. The molecule has 0 amide bonds. The molecule has 0 heterocycles. The Hall–Kier alpha value is -0.930. The number of hydrogen-bond acceptors (Lipinski definition) is 3. The predicted molar refractivity (Wildman–Crippen MR) is 82.5 cm³/mol. The number of rotatable bonds is 5. The molecule has 0 saturated heterocycles. The molecule has 20 heavy (non-hydrogen) atoms. The van der Waals surface area contributed by atoms with Crippen molar-refractivity contribution in [2.24, 2.45) is 11.8 Å². The summed E-state index contributed by atoms with van der Waals surface area (Å²) in [6, 6.07) is 3.42. The van der Waals surface area contributed by atoms with Gasteiger partial charge in [0.05, 0.1) is 7.11 Å². The summed E-state index contributed by atoms with van der Waals surface area (Å²) in [5, 5.41) is 14.1. The molecule has 1 aromatic carbocycles. The quantitative estimate of drug-likeness (QED) is 0.864. The zero-order valence-electron chi connectivity index (χ0n) is 12.3. The van der Waals surface area contributed by atoms with Crippen molar-refractivity contribution < 1.29 is 9.84 Å². The highest BCUT2D eigenvalue weighted by atomic mass is 35.5. The Kier molecular flexibility index (Phi) is 5.55. The molecule has 0 radical (unpaired) electrons. The van der Waals surface area contributed by atoms with Gasteiger partial charge in [0.1, 0.15) is 0 Å². The van der Waals surface area contributed by atoms with Gasteiger partial charge in [-0.25, -0.2) is 0 Å². The zero-order chi connectivity index (χ0) is 14.5. The topological polar surface area (TPSA) is 41.5 Å². The van der Waals surface area contributed by atoms with E-state index in [2.05, 4.69) is 12.2 Å². The Bertz CT molecular complexity index is 450. The van der Waals surface area contributed by atoms with Crippen molar-refractivity contribution in [3.05, 3.63) is 22.7 Å². The molecule has 2 N–H and O–H groups in total. The average molecular weight is 298 g/mol. The van der Waals surface area contributed by atoms with E-state index in [1.165, 1.54) is 32.8 Å². The van der Waals surface area contributed by atoms with Crippen LogP contribution in [0.2, 0.25) is 5.02 Å². The molecule has 2 unspecified atom stereocenters. The van der Waals surface area contributed by atoms with E-state index in [1.807, 2.05) is 0 Å². The largest absolute Gasteiger partial charge is 0.504 e. The predicted octanol–water partition coefficient (Wildman–Crippen LogP) is 3.97. The number of benzene rings is 1. The monoisotopic (exact) mass is 297 g/mol. The molecule has 1 aliphatic rings. The Morgan fingerprint density at radius 1 is 1.35 bits per heavy atom. The van der Waals surface area contributed by atoms with E-state index in [0.717, 1.165) is 23.9 Å². The Morgan fingerprint density at radius 2 is 2.10 bits per heavy atom. The standard InChI is InChI=1S/C16H24ClNO2/c1-11-5-3-4-6-12(11)9-18-10-13-7-14(17)8-15(20-2)16(13)19/h7-8,11-12,18-19H,3-6,9-10H2,1-2H3. The highest BCUT2D eigenvalue weighted by molar-refractivity contribution is 6.30. The van der Waals surface area contributed by atoms with Crippen molar-refractivity contribution in [1.82, 2.24) is 5.32 Å². The molecular formula is C16H24ClNO2. The van der Waals surface area contributed by atoms with Gasteiger partial charge in [0.2, 0.25) is 0 Å². The molecule has 112 valence electrons. The summed E-state index contributed by atoms with van der Waals surface area (Å²) in [7, 11) is 1.53. The Labute approximate surface area is 126 Å². The number of ether oxygens (including phenoxy) is 1. The van der Waals surface area contributed by atoms with E-state index < -0.39 is 0 Å². The van der Waals surface area contributed by atoms with Crippen LogP contribution in [-0.4, -0.2) is 18.8 Å². The normalized spacial score (nSPS) is 22.8. The summed E-state index contributed by atoms with van der Waals surface area (Å²) in [5.74, 6) is 2.15. The molecule has 0 aromatic heterocycles. The third kappa shape index (κ3) is 3.80. The molecule has 2 atom stereocenters. The van der Waals surface area contributed by atoms with Gasteiger partial charge in [-0.1, -0.05) is 37.8 Å². The molecule has 0 bridgehead atoms. The lowest BCUT2D eigenvalue weighted by molar-refractivity contribution is 0.247. The molecule has 1 fully saturated rings. The number of nitrogens with one attached hydrogen (secondary N) is 1. The summed E-state index contributed by atoms with van der Waals surface area (Å²) >= 11 is 6.03. The first-order valence-corrected chi connectivity index (χ1v) is 7.75. The van der Waals surface area contributed by atoms with Gasteiger partial charge >= 0.3 is 0 Å². The van der Waals surface area contributed by atoms with Crippen LogP contribution in [0.3, 0.4) is 0 Å². The minimum absolute atomic E-state index is 0.182. The number of halogens is 1. The summed E-state index contributed by atoms with van der Waals surface area (Å²) in [6.45, 7) is 3.95. The van der Waals surface area contributed by atoms with Crippen LogP contribution in [0.5, 0.6) is 11.5 Å². The smallest absolute Gasteiger partial charge is 0.162 e. The van der Waals surface area contributed by atoms with Crippen LogP contribution in [0, 0.1) is 11.8 Å². The van der Waals surface area contributed by atoms with Gasteiger partial charge in [0.25, 0.3) is 0 Å². The molecular weight excluding hydrogens is 274 g/mol. The third-order valence-electron chi connectivity index (χ3n) is 4.35. The van der Waals surface area contributed by atoms with E-state index in [4.69, 9.17) is 16.3 Å². The van der Waals surface area contributed by atoms with Crippen LogP contribution in [0.15, 0.2) is 12.1 Å². The number of phenolic OH excluding ortho intramolecular Hbond substituents is 1. The van der Waals surface area contributed by atoms with Crippen LogP contribution < -0.4 is 10.1 Å². The number of aromatic hydroxyl groups is 1. The van der Waals surface area contributed by atoms with Gasteiger partial charge in [0.15, 0.2) is 11.5 Å². The maximum absolute atomic E-state index is 10.1. The lowest BCUT2D eigenvalue weighted by atomic mass is 9.80. The van der Waals surface area contributed by atoms with Crippen LogP contribution >= 0.6 is 11.6 Å². The molecule has 1 aliphatic carbocycles. The van der Waals surface area contributed by atoms with Crippen molar-refractivity contribution in [2.45, 2.75) is 39.2 Å². The summed E-state index contributed by atoms with van der Waals surface area (Å²) in [4.78, 5) is 0. The molecule has 1 saturated carbocycles. The van der Waals surface area contributed by atoms with E-state index in [0.29, 0.717) is 17.3 Å². The summed E-state index contributed by atoms with van der Waals surface area (Å²) in [6.07, 6.45) is 5.35. The van der Waals surface area contributed by atoms with Crippen molar-refractivity contribution in [3.8, 4) is 11.5 Å². The number of phenols is 1. The first-order chi connectivity index (χ1) is 9.61. The summed E-state index contributed by atoms with van der Waals surface area (Å²) < 4.78 is 5.12. The van der Waals surface area contributed by atoms with E-state index in [1.54, 1.807) is 12.1 Å². The maximum atomic E-state index is 10.1. The van der Waals surface area contributed by atoms with Gasteiger partial charge in [0, 0.05) is 23.2 Å². The molecule has 4 heteroatoms. The molecule has 3 nitrogen and oxygen atoms in total. The zero-order valence-corrected chi connectivity index (χ0v) is 13.0. The third-order valence-corrected chi connectivity index (χ3v) is 4.57. The molecule has 1 aromatic rings. The second-order valence-corrected chi connectivity index (χ2v) is 6.20. The average Bonchev–Trinajstić information content (AvgIpc) is 2.44. The van der Waals surface area contributed by atoms with E-state index >= 15 is 0 Å². The van der Waals surface area contributed by atoms with Crippen LogP contribution in [0.4, 0.5) is 0 Å².